The average Bonchev–Trinajstić information content (AvgIpc) is 2.83. The Morgan fingerprint density at radius 2 is 2.20 bits per heavy atom. The maximum Gasteiger partial charge on any atom is 0.407 e. The van der Waals surface area contributed by atoms with Crippen molar-refractivity contribution in [1.82, 2.24) is 10.6 Å². The van der Waals surface area contributed by atoms with Gasteiger partial charge in [-0.3, -0.25) is 0 Å². The normalized spacial score (nSPS) is 13.0. The highest BCUT2D eigenvalue weighted by molar-refractivity contribution is 5.67. The predicted octanol–water partition coefficient (Wildman–Crippen LogP) is 3.06. The Kier molecular flexibility index (Phi) is 6.58. The molecule has 20 heavy (non-hydrogen) atoms. The van der Waals surface area contributed by atoms with E-state index < -0.39 is 5.60 Å². The van der Waals surface area contributed by atoms with E-state index in [9.17, 15) is 4.79 Å². The first-order valence-corrected chi connectivity index (χ1v) is 7.13. The quantitative estimate of drug-likeness (QED) is 0.806. The summed E-state index contributed by atoms with van der Waals surface area (Å²) in [5, 5.41) is 6.18. The molecule has 5 heteroatoms. The Bertz CT molecular complexity index is 382. The lowest BCUT2D eigenvalue weighted by atomic mass is 10.1. The zero-order valence-electron chi connectivity index (χ0n) is 12.9. The van der Waals surface area contributed by atoms with Crippen LogP contribution in [0, 0.1) is 0 Å². The van der Waals surface area contributed by atoms with Crippen LogP contribution in [0.4, 0.5) is 4.79 Å². The van der Waals surface area contributed by atoms with Crippen molar-refractivity contribution < 1.29 is 13.9 Å². The third-order valence-electron chi connectivity index (χ3n) is 2.67. The van der Waals surface area contributed by atoms with Crippen LogP contribution in [-0.4, -0.2) is 24.3 Å². The van der Waals surface area contributed by atoms with Crippen molar-refractivity contribution in [3.63, 3.8) is 0 Å². The lowest BCUT2D eigenvalue weighted by Gasteiger charge is -2.22. The van der Waals surface area contributed by atoms with Crippen molar-refractivity contribution >= 4 is 6.09 Å². The van der Waals surface area contributed by atoms with Gasteiger partial charge in [0.15, 0.2) is 0 Å². The predicted molar refractivity (Wildman–Crippen MR) is 78.5 cm³/mol. The van der Waals surface area contributed by atoms with Crippen LogP contribution in [0.3, 0.4) is 0 Å². The molecule has 0 saturated heterocycles. The van der Waals surface area contributed by atoms with Crippen molar-refractivity contribution in [3.8, 4) is 0 Å². The lowest BCUT2D eigenvalue weighted by molar-refractivity contribution is 0.0521. The van der Waals surface area contributed by atoms with Crippen LogP contribution < -0.4 is 10.6 Å². The van der Waals surface area contributed by atoms with Crippen molar-refractivity contribution in [2.45, 2.75) is 58.7 Å². The number of hydrogen-bond acceptors (Lipinski definition) is 4. The number of furan rings is 1. The van der Waals surface area contributed by atoms with Crippen molar-refractivity contribution in [2.75, 3.05) is 6.54 Å². The molecule has 0 bridgehead atoms. The molecule has 0 aliphatic carbocycles. The van der Waals surface area contributed by atoms with Crippen LogP contribution in [0.2, 0.25) is 0 Å². The van der Waals surface area contributed by atoms with E-state index in [1.807, 2.05) is 32.9 Å². The topological polar surface area (TPSA) is 63.5 Å². The fourth-order valence-electron chi connectivity index (χ4n) is 1.80. The number of ether oxygens (including phenoxy) is 1. The Balaban J connectivity index is 2.33. The van der Waals surface area contributed by atoms with E-state index in [0.29, 0.717) is 13.1 Å². The summed E-state index contributed by atoms with van der Waals surface area (Å²) in [6, 6.07) is 4.00. The van der Waals surface area contributed by atoms with Crippen LogP contribution >= 0.6 is 0 Å². The van der Waals surface area contributed by atoms with E-state index >= 15 is 0 Å². The summed E-state index contributed by atoms with van der Waals surface area (Å²) >= 11 is 0. The molecule has 5 nitrogen and oxygen atoms in total. The molecule has 0 aromatic carbocycles. The molecule has 1 heterocycles. The maximum absolute atomic E-state index is 11.6. The van der Waals surface area contributed by atoms with Crippen molar-refractivity contribution in [2.24, 2.45) is 0 Å². The van der Waals surface area contributed by atoms with Gasteiger partial charge in [-0.05, 0) is 39.3 Å². The summed E-state index contributed by atoms with van der Waals surface area (Å²) in [7, 11) is 0. The summed E-state index contributed by atoms with van der Waals surface area (Å²) < 4.78 is 10.5. The largest absolute Gasteiger partial charge is 0.468 e. The van der Waals surface area contributed by atoms with Gasteiger partial charge in [0.1, 0.15) is 11.4 Å². The smallest absolute Gasteiger partial charge is 0.407 e. The zero-order chi connectivity index (χ0) is 15.0. The molecular formula is C15H26N2O3. The molecule has 1 amide bonds. The molecular weight excluding hydrogens is 256 g/mol. The van der Waals surface area contributed by atoms with Crippen molar-refractivity contribution in [3.05, 3.63) is 24.2 Å². The third kappa shape index (κ3) is 7.19. The highest BCUT2D eigenvalue weighted by atomic mass is 16.6. The van der Waals surface area contributed by atoms with Crippen LogP contribution in [-0.2, 0) is 11.3 Å². The minimum atomic E-state index is -0.466. The van der Waals surface area contributed by atoms with Gasteiger partial charge >= 0.3 is 6.09 Å². The number of carbonyl (C=O) groups is 1. The number of hydrogen-bond donors (Lipinski definition) is 2. The first-order valence-electron chi connectivity index (χ1n) is 7.13. The molecule has 0 aliphatic rings. The van der Waals surface area contributed by atoms with Gasteiger partial charge in [-0.1, -0.05) is 13.3 Å². The number of rotatable bonds is 7. The van der Waals surface area contributed by atoms with Crippen LogP contribution in [0.15, 0.2) is 22.8 Å². The van der Waals surface area contributed by atoms with Crippen LogP contribution in [0.5, 0.6) is 0 Å². The molecule has 114 valence electrons. The van der Waals surface area contributed by atoms with E-state index in [1.165, 1.54) is 0 Å². The zero-order valence-corrected chi connectivity index (χ0v) is 12.9. The molecule has 1 atom stereocenters. The third-order valence-corrected chi connectivity index (χ3v) is 2.67. The average molecular weight is 282 g/mol. The standard InChI is InChI=1S/C15H26N2O3/c1-5-7-12(16-11-13-8-6-9-19-13)10-17-14(18)20-15(2,3)4/h6,8-9,12,16H,5,7,10-11H2,1-4H3,(H,17,18). The molecule has 0 aliphatic heterocycles. The Hall–Kier alpha value is -1.49. The summed E-state index contributed by atoms with van der Waals surface area (Å²) in [6.07, 6.45) is 3.31. The number of alkyl carbamates (subject to hydrolysis) is 1. The van der Waals surface area contributed by atoms with Gasteiger partial charge < -0.3 is 19.8 Å². The second-order valence-corrected chi connectivity index (χ2v) is 5.83. The Morgan fingerprint density at radius 3 is 2.75 bits per heavy atom. The molecule has 1 aromatic heterocycles. The first-order chi connectivity index (χ1) is 9.40. The van der Waals surface area contributed by atoms with E-state index in [1.54, 1.807) is 6.26 Å². The summed E-state index contributed by atoms with van der Waals surface area (Å²) in [4.78, 5) is 11.6. The van der Waals surface area contributed by atoms with Gasteiger partial charge in [0, 0.05) is 12.6 Å². The van der Waals surface area contributed by atoms with E-state index in [4.69, 9.17) is 9.15 Å². The molecule has 0 spiro atoms. The minimum Gasteiger partial charge on any atom is -0.468 e. The van der Waals surface area contributed by atoms with Crippen molar-refractivity contribution in [1.29, 1.82) is 0 Å². The molecule has 0 fully saturated rings. The van der Waals surface area contributed by atoms with Gasteiger partial charge in [-0.2, -0.15) is 0 Å². The lowest BCUT2D eigenvalue weighted by Crippen LogP contribution is -2.42. The number of nitrogens with one attached hydrogen (secondary N) is 2. The fourth-order valence-corrected chi connectivity index (χ4v) is 1.80. The molecule has 0 radical (unpaired) electrons. The number of amides is 1. The van der Waals surface area contributed by atoms with Gasteiger partial charge in [-0.25, -0.2) is 4.79 Å². The number of carbonyl (C=O) groups excluding carboxylic acids is 1. The van der Waals surface area contributed by atoms with E-state index in [-0.39, 0.29) is 12.1 Å². The first kappa shape index (κ1) is 16.6. The fraction of sp³-hybridized carbons (Fsp3) is 0.667. The second kappa shape index (κ2) is 7.94. The Morgan fingerprint density at radius 1 is 1.45 bits per heavy atom. The highest BCUT2D eigenvalue weighted by Gasteiger charge is 2.17. The van der Waals surface area contributed by atoms with Gasteiger partial charge in [0.2, 0.25) is 0 Å². The SMILES string of the molecule is CCCC(CNC(=O)OC(C)(C)C)NCc1ccco1. The Labute approximate surface area is 121 Å². The van der Waals surface area contributed by atoms with E-state index in [0.717, 1.165) is 18.6 Å². The van der Waals surface area contributed by atoms with Crippen LogP contribution in [0.25, 0.3) is 0 Å². The van der Waals surface area contributed by atoms with Gasteiger partial charge in [0.25, 0.3) is 0 Å². The molecule has 1 aromatic rings. The summed E-state index contributed by atoms with van der Waals surface area (Å²) in [5.74, 6) is 0.892. The molecule has 0 saturated carbocycles. The van der Waals surface area contributed by atoms with Gasteiger partial charge in [0.05, 0.1) is 12.8 Å². The highest BCUT2D eigenvalue weighted by Crippen LogP contribution is 2.07. The van der Waals surface area contributed by atoms with Gasteiger partial charge in [-0.15, -0.1) is 0 Å². The minimum absolute atomic E-state index is 0.206. The molecule has 1 rings (SSSR count). The summed E-state index contributed by atoms with van der Waals surface area (Å²) in [5.41, 5.74) is -0.466. The van der Waals surface area contributed by atoms with E-state index in [2.05, 4.69) is 17.6 Å². The summed E-state index contributed by atoms with van der Waals surface area (Å²) in [6.45, 7) is 8.88. The molecule has 1 unspecified atom stereocenters. The second-order valence-electron chi connectivity index (χ2n) is 5.83. The molecule has 2 N–H and O–H groups in total. The van der Waals surface area contributed by atoms with Crippen LogP contribution in [0.1, 0.15) is 46.3 Å². The maximum atomic E-state index is 11.6. The monoisotopic (exact) mass is 282 g/mol.